The lowest BCUT2D eigenvalue weighted by atomic mass is 9.86. The van der Waals surface area contributed by atoms with Gasteiger partial charge >= 0.3 is 29.8 Å². The predicted octanol–water partition coefficient (Wildman–Crippen LogP) is 2.60. The quantitative estimate of drug-likeness (QED) is 0.0757. The molecule has 1 saturated heterocycles. The molecule has 0 bridgehead atoms. The summed E-state index contributed by atoms with van der Waals surface area (Å²) in [6.45, 7) is 4.57. The van der Waals surface area contributed by atoms with Crippen LogP contribution >= 0.6 is 0 Å². The number of benzene rings is 2. The third-order valence-electron chi connectivity index (χ3n) is 9.07. The van der Waals surface area contributed by atoms with E-state index in [-0.39, 0.29) is 31.2 Å². The first-order valence-corrected chi connectivity index (χ1v) is 19.2. The van der Waals surface area contributed by atoms with Crippen molar-refractivity contribution >= 4 is 47.6 Å². The molecule has 3 rings (SSSR count). The van der Waals surface area contributed by atoms with E-state index in [9.17, 15) is 43.5 Å². The fourth-order valence-electron chi connectivity index (χ4n) is 6.50. The van der Waals surface area contributed by atoms with Crippen LogP contribution in [0.2, 0.25) is 0 Å². The molecule has 2 aromatic carbocycles. The van der Waals surface area contributed by atoms with Gasteiger partial charge in [0.15, 0.2) is 12.2 Å². The summed E-state index contributed by atoms with van der Waals surface area (Å²) >= 11 is 0. The summed E-state index contributed by atoms with van der Waals surface area (Å²) in [7, 11) is 1.05. The van der Waals surface area contributed by atoms with Crippen molar-refractivity contribution in [2.75, 3.05) is 26.9 Å². The molecule has 6 atom stereocenters. The molecule has 3 amide bonds. The zero-order valence-electron chi connectivity index (χ0n) is 33.8. The van der Waals surface area contributed by atoms with Crippen molar-refractivity contribution in [2.45, 2.75) is 109 Å². The number of carbonyl (C=O) groups is 8. The number of rotatable bonds is 22. The molecule has 1 aliphatic heterocycles. The van der Waals surface area contributed by atoms with Gasteiger partial charge in [0.25, 0.3) is 11.7 Å². The summed E-state index contributed by atoms with van der Waals surface area (Å²) in [6.07, 6.45) is -5.10. The SMILES string of the molecule is CCOC(=O)CCCCCO[C@]1(C(=O)OC)C[C@H](NC(=O)CCC(=O)O)[C@@H](NC(C)=O)[C@H]([C@H](OC(C)=O)[C@@H](CNC(=O)c2ccc(-c3ccccc3)cc2)OC(C)=O)O1. The number of carbonyl (C=O) groups excluding carboxylic acids is 7. The van der Waals surface area contributed by atoms with E-state index in [1.807, 2.05) is 30.3 Å². The molecule has 4 N–H and O–H groups in total. The Hall–Kier alpha value is -5.88. The van der Waals surface area contributed by atoms with Crippen molar-refractivity contribution in [3.63, 3.8) is 0 Å². The van der Waals surface area contributed by atoms with E-state index in [0.29, 0.717) is 19.3 Å². The van der Waals surface area contributed by atoms with E-state index in [1.54, 1.807) is 31.2 Å². The standard InChI is InChI=1S/C41H53N3O15/c1-6-55-35(51)15-11-8-12-22-56-41(40(53)54-5)23-31(44-33(48)20-21-34(49)50)36(43-25(2)45)38(59-41)37(58-27(4)47)32(57-26(3)46)24-42-39(52)30-18-16-29(17-19-30)28-13-9-7-10-14-28/h7,9-10,13-14,16-19,31-32,36-38H,6,8,11-12,15,20-24H2,1-5H3,(H,42,52)(H,43,45)(H,44,48)(H,49,50)/t31-,32+,36+,37+,38+,41+/m0/s1. The predicted molar refractivity (Wildman–Crippen MR) is 207 cm³/mol. The summed E-state index contributed by atoms with van der Waals surface area (Å²) in [4.78, 5) is 102. The molecular formula is C41H53N3O15. The average molecular weight is 828 g/mol. The second-order valence-electron chi connectivity index (χ2n) is 13.7. The third-order valence-corrected chi connectivity index (χ3v) is 9.07. The smallest absolute Gasteiger partial charge is 0.366 e. The molecule has 2 aromatic rings. The van der Waals surface area contributed by atoms with Crippen molar-refractivity contribution in [1.82, 2.24) is 16.0 Å². The van der Waals surface area contributed by atoms with Crippen LogP contribution in [0.3, 0.4) is 0 Å². The van der Waals surface area contributed by atoms with Crippen LogP contribution in [0.15, 0.2) is 54.6 Å². The van der Waals surface area contributed by atoms with Gasteiger partial charge in [0.2, 0.25) is 11.8 Å². The number of carboxylic acid groups (broad SMARTS) is 1. The van der Waals surface area contributed by atoms with Gasteiger partial charge in [0.1, 0.15) is 6.10 Å². The molecule has 0 aromatic heterocycles. The van der Waals surface area contributed by atoms with Crippen LogP contribution in [-0.4, -0.2) is 116 Å². The number of unbranched alkanes of at least 4 members (excludes halogenated alkanes) is 2. The highest BCUT2D eigenvalue weighted by atomic mass is 16.7. The van der Waals surface area contributed by atoms with Crippen molar-refractivity contribution in [3.05, 3.63) is 60.2 Å². The van der Waals surface area contributed by atoms with Crippen molar-refractivity contribution in [3.8, 4) is 11.1 Å². The lowest BCUT2D eigenvalue weighted by Crippen LogP contribution is -2.71. The van der Waals surface area contributed by atoms with Gasteiger partial charge in [-0.05, 0) is 43.0 Å². The lowest BCUT2D eigenvalue weighted by Gasteiger charge is -2.49. The molecule has 1 heterocycles. The second-order valence-corrected chi connectivity index (χ2v) is 13.7. The number of nitrogens with one attached hydrogen (secondary N) is 3. The van der Waals surface area contributed by atoms with Gasteiger partial charge in [-0.1, -0.05) is 48.9 Å². The fraction of sp³-hybridized carbons (Fsp3) is 0.512. The van der Waals surface area contributed by atoms with E-state index in [0.717, 1.165) is 39.0 Å². The van der Waals surface area contributed by atoms with E-state index >= 15 is 0 Å². The average Bonchev–Trinajstić information content (AvgIpc) is 3.19. The Morgan fingerprint density at radius 2 is 1.49 bits per heavy atom. The van der Waals surface area contributed by atoms with Crippen LogP contribution < -0.4 is 16.0 Å². The maximum Gasteiger partial charge on any atom is 0.366 e. The molecule has 0 radical (unpaired) electrons. The first-order chi connectivity index (χ1) is 28.1. The summed E-state index contributed by atoms with van der Waals surface area (Å²) in [5.41, 5.74) is 2.02. The van der Waals surface area contributed by atoms with Crippen molar-refractivity contribution in [1.29, 1.82) is 0 Å². The van der Waals surface area contributed by atoms with Crippen LogP contribution in [0.4, 0.5) is 0 Å². The number of amides is 3. The third kappa shape index (κ3) is 15.1. The molecule has 0 unspecified atom stereocenters. The molecule has 0 saturated carbocycles. The summed E-state index contributed by atoms with van der Waals surface area (Å²) < 4.78 is 33.9. The highest BCUT2D eigenvalue weighted by Gasteiger charge is 2.58. The largest absolute Gasteiger partial charge is 0.481 e. The highest BCUT2D eigenvalue weighted by Crippen LogP contribution is 2.36. The molecule has 322 valence electrons. The first-order valence-electron chi connectivity index (χ1n) is 19.2. The molecule has 0 spiro atoms. The topological polar surface area (TPSA) is 248 Å². The Bertz CT molecular complexity index is 1770. The minimum atomic E-state index is -2.36. The molecule has 1 aliphatic rings. The van der Waals surface area contributed by atoms with Crippen LogP contribution in [0.25, 0.3) is 11.1 Å². The van der Waals surface area contributed by atoms with Crippen LogP contribution in [0.5, 0.6) is 0 Å². The normalized spacial score (nSPS) is 19.5. The molecule has 0 aliphatic carbocycles. The highest BCUT2D eigenvalue weighted by molar-refractivity contribution is 5.94. The number of aliphatic carboxylic acids is 1. The zero-order chi connectivity index (χ0) is 43.5. The maximum absolute atomic E-state index is 13.7. The molecule has 18 heteroatoms. The minimum absolute atomic E-state index is 0.147. The van der Waals surface area contributed by atoms with Gasteiger partial charge < -0.3 is 49.5 Å². The van der Waals surface area contributed by atoms with Gasteiger partial charge in [-0.2, -0.15) is 0 Å². The van der Waals surface area contributed by atoms with Crippen molar-refractivity contribution in [2.24, 2.45) is 0 Å². The molecular weight excluding hydrogens is 774 g/mol. The van der Waals surface area contributed by atoms with Gasteiger partial charge in [-0.25, -0.2) is 4.79 Å². The van der Waals surface area contributed by atoms with E-state index in [4.69, 9.17) is 28.4 Å². The van der Waals surface area contributed by atoms with Crippen LogP contribution in [0.1, 0.15) is 83.0 Å². The Kier molecular flexibility index (Phi) is 18.9. The van der Waals surface area contributed by atoms with Gasteiger partial charge in [0, 0.05) is 45.6 Å². The lowest BCUT2D eigenvalue weighted by molar-refractivity contribution is -0.303. The monoisotopic (exact) mass is 827 g/mol. The Morgan fingerprint density at radius 1 is 0.831 bits per heavy atom. The Morgan fingerprint density at radius 3 is 2.08 bits per heavy atom. The maximum atomic E-state index is 13.7. The van der Waals surface area contributed by atoms with Gasteiger partial charge in [-0.3, -0.25) is 33.6 Å². The van der Waals surface area contributed by atoms with Gasteiger partial charge in [0.05, 0.1) is 45.4 Å². The minimum Gasteiger partial charge on any atom is -0.481 e. The molecule has 59 heavy (non-hydrogen) atoms. The Labute approximate surface area is 341 Å². The number of esters is 4. The summed E-state index contributed by atoms with van der Waals surface area (Å²) in [5, 5.41) is 17.2. The van der Waals surface area contributed by atoms with E-state index < -0.39 is 104 Å². The number of hydrogen-bond acceptors (Lipinski definition) is 14. The number of methoxy groups -OCH3 is 1. The number of ether oxygens (including phenoxy) is 6. The van der Waals surface area contributed by atoms with E-state index in [2.05, 4.69) is 16.0 Å². The van der Waals surface area contributed by atoms with Gasteiger partial charge in [-0.15, -0.1) is 0 Å². The van der Waals surface area contributed by atoms with E-state index in [1.165, 1.54) is 0 Å². The molecule has 1 fully saturated rings. The Balaban J connectivity index is 2.04. The summed E-state index contributed by atoms with van der Waals surface area (Å²) in [5.74, 6) is -8.88. The zero-order valence-corrected chi connectivity index (χ0v) is 33.8. The van der Waals surface area contributed by atoms with Crippen LogP contribution in [0, 0.1) is 0 Å². The second kappa shape index (κ2) is 23.5. The fourth-order valence-corrected chi connectivity index (χ4v) is 6.50. The number of carboxylic acids is 1. The molecule has 18 nitrogen and oxygen atoms in total. The first kappa shape index (κ1) is 47.5. The summed E-state index contributed by atoms with van der Waals surface area (Å²) in [6, 6.07) is 13.5. The van der Waals surface area contributed by atoms with Crippen molar-refractivity contribution < 1.29 is 71.9 Å². The number of hydrogen-bond donors (Lipinski definition) is 4. The van der Waals surface area contributed by atoms with Crippen LogP contribution in [-0.2, 0) is 62.0 Å².